The number of carbonyl (C=O) groups is 1. The van der Waals surface area contributed by atoms with Gasteiger partial charge >= 0.3 is 6.18 Å². The number of benzene rings is 2. The fourth-order valence-electron chi connectivity index (χ4n) is 3.04. The van der Waals surface area contributed by atoms with Gasteiger partial charge in [-0.15, -0.1) is 10.2 Å². The van der Waals surface area contributed by atoms with Crippen LogP contribution in [0.25, 0.3) is 0 Å². The second-order valence-corrected chi connectivity index (χ2v) is 8.51. The summed E-state index contributed by atoms with van der Waals surface area (Å²) in [5, 5.41) is 11.6. The molecule has 0 aliphatic heterocycles. The van der Waals surface area contributed by atoms with Crippen molar-refractivity contribution < 1.29 is 22.7 Å². The van der Waals surface area contributed by atoms with Gasteiger partial charge in [0.05, 0.1) is 11.3 Å². The van der Waals surface area contributed by atoms with E-state index >= 15 is 0 Å². The third-order valence-electron chi connectivity index (χ3n) is 4.83. The number of ether oxygens (including phenoxy) is 1. The van der Waals surface area contributed by atoms with Gasteiger partial charge in [0.1, 0.15) is 12.4 Å². The minimum atomic E-state index is -4.44. The van der Waals surface area contributed by atoms with Crippen LogP contribution in [-0.4, -0.2) is 26.4 Å². The van der Waals surface area contributed by atoms with Gasteiger partial charge in [-0.25, -0.2) is 0 Å². The highest BCUT2D eigenvalue weighted by molar-refractivity contribution is 7.99. The highest BCUT2D eigenvalue weighted by atomic mass is 32.2. The van der Waals surface area contributed by atoms with Crippen LogP contribution in [0.4, 0.5) is 18.9 Å². The smallest absolute Gasteiger partial charge is 0.416 e. The molecule has 1 N–H and O–H groups in total. The summed E-state index contributed by atoms with van der Waals surface area (Å²) in [6, 6.07) is 12.4. The summed E-state index contributed by atoms with van der Waals surface area (Å²) in [5.74, 6) is 0.926. The number of thioether (sulfide) groups is 1. The Morgan fingerprint density at radius 1 is 1.15 bits per heavy atom. The number of hydrogen-bond donors (Lipinski definition) is 1. The first-order valence-corrected chi connectivity index (χ1v) is 11.4. The molecule has 0 spiro atoms. The van der Waals surface area contributed by atoms with E-state index in [0.717, 1.165) is 17.8 Å². The van der Waals surface area contributed by atoms with Gasteiger partial charge in [-0.1, -0.05) is 43.8 Å². The van der Waals surface area contributed by atoms with Crippen molar-refractivity contribution in [3.05, 3.63) is 65.5 Å². The highest BCUT2D eigenvalue weighted by Gasteiger charge is 2.30. The van der Waals surface area contributed by atoms with Gasteiger partial charge in [0.2, 0.25) is 5.91 Å². The molecule has 1 amide bonds. The predicted molar refractivity (Wildman–Crippen MR) is 121 cm³/mol. The van der Waals surface area contributed by atoms with E-state index in [2.05, 4.69) is 29.4 Å². The molecule has 10 heteroatoms. The van der Waals surface area contributed by atoms with E-state index in [1.54, 1.807) is 4.57 Å². The zero-order valence-corrected chi connectivity index (χ0v) is 19.3. The zero-order valence-electron chi connectivity index (χ0n) is 18.5. The van der Waals surface area contributed by atoms with E-state index in [4.69, 9.17) is 4.74 Å². The second kappa shape index (κ2) is 10.7. The maximum Gasteiger partial charge on any atom is 0.416 e. The van der Waals surface area contributed by atoms with E-state index in [9.17, 15) is 18.0 Å². The van der Waals surface area contributed by atoms with E-state index in [1.807, 2.05) is 31.2 Å². The van der Waals surface area contributed by atoms with Gasteiger partial charge in [-0.05, 0) is 48.7 Å². The molecule has 0 aliphatic carbocycles. The topological polar surface area (TPSA) is 69.0 Å². The number of nitrogens with one attached hydrogen (secondary N) is 1. The van der Waals surface area contributed by atoms with Gasteiger partial charge < -0.3 is 14.6 Å². The Kier molecular flexibility index (Phi) is 8.01. The molecule has 0 saturated carbocycles. The van der Waals surface area contributed by atoms with Gasteiger partial charge in [0, 0.05) is 12.2 Å². The molecule has 3 aromatic rings. The SMILES string of the molecule is CCn1c(COc2cccc(C(F)(F)F)c2)nnc1SCC(=O)Nc1ccc(C(C)C)cc1. The number of aromatic nitrogens is 3. The van der Waals surface area contributed by atoms with Crippen molar-refractivity contribution in [2.45, 2.75) is 51.2 Å². The molecule has 1 aromatic heterocycles. The number of amides is 1. The summed E-state index contributed by atoms with van der Waals surface area (Å²) >= 11 is 1.23. The summed E-state index contributed by atoms with van der Waals surface area (Å²) < 4.78 is 45.9. The Hall–Kier alpha value is -3.01. The Morgan fingerprint density at radius 3 is 2.52 bits per heavy atom. The number of hydrogen-bond acceptors (Lipinski definition) is 5. The molecule has 0 radical (unpaired) electrons. The second-order valence-electron chi connectivity index (χ2n) is 7.57. The lowest BCUT2D eigenvalue weighted by Gasteiger charge is -2.11. The van der Waals surface area contributed by atoms with Crippen molar-refractivity contribution in [3.8, 4) is 5.75 Å². The van der Waals surface area contributed by atoms with Crippen molar-refractivity contribution in [1.82, 2.24) is 14.8 Å². The quantitative estimate of drug-likeness (QED) is 0.397. The number of nitrogens with zero attached hydrogens (tertiary/aromatic N) is 3. The lowest BCUT2D eigenvalue weighted by molar-refractivity contribution is -0.137. The van der Waals surface area contributed by atoms with Gasteiger partial charge in [0.25, 0.3) is 0 Å². The van der Waals surface area contributed by atoms with Crippen LogP contribution in [0.15, 0.2) is 53.7 Å². The average Bonchev–Trinajstić information content (AvgIpc) is 3.18. The van der Waals surface area contributed by atoms with Crippen LogP contribution < -0.4 is 10.1 Å². The number of alkyl halides is 3. The van der Waals surface area contributed by atoms with Crippen LogP contribution in [0, 0.1) is 0 Å². The van der Waals surface area contributed by atoms with Crippen LogP contribution in [-0.2, 0) is 24.1 Å². The average molecular weight is 479 g/mol. The van der Waals surface area contributed by atoms with E-state index in [-0.39, 0.29) is 24.0 Å². The number of halogens is 3. The van der Waals surface area contributed by atoms with Crippen LogP contribution in [0.1, 0.15) is 43.6 Å². The molecule has 3 rings (SSSR count). The lowest BCUT2D eigenvalue weighted by Crippen LogP contribution is -2.15. The van der Waals surface area contributed by atoms with Crippen molar-refractivity contribution in [3.63, 3.8) is 0 Å². The summed E-state index contributed by atoms with van der Waals surface area (Å²) in [6.07, 6.45) is -4.44. The summed E-state index contributed by atoms with van der Waals surface area (Å²) in [6.45, 7) is 6.57. The van der Waals surface area contributed by atoms with Crippen molar-refractivity contribution in [2.75, 3.05) is 11.1 Å². The molecule has 0 atom stereocenters. The number of rotatable bonds is 9. The molecule has 1 heterocycles. The summed E-state index contributed by atoms with van der Waals surface area (Å²) in [7, 11) is 0. The molecule has 0 fully saturated rings. The van der Waals surface area contributed by atoms with Crippen LogP contribution >= 0.6 is 11.8 Å². The monoisotopic (exact) mass is 478 g/mol. The van der Waals surface area contributed by atoms with Crippen LogP contribution in [0.3, 0.4) is 0 Å². The normalized spacial score (nSPS) is 11.6. The Balaban J connectivity index is 1.57. The van der Waals surface area contributed by atoms with Crippen molar-refractivity contribution in [1.29, 1.82) is 0 Å². The van der Waals surface area contributed by atoms with Crippen molar-refractivity contribution in [2.24, 2.45) is 0 Å². The fourth-order valence-corrected chi connectivity index (χ4v) is 3.86. The van der Waals surface area contributed by atoms with E-state index in [0.29, 0.717) is 23.4 Å². The standard InChI is InChI=1S/C23H25F3N4O2S/c1-4-30-20(13-32-19-7-5-6-17(12-19)23(24,25)26)28-29-22(30)33-14-21(31)27-18-10-8-16(9-11-18)15(2)3/h5-12,15H,4,13-14H2,1-3H3,(H,27,31). The molecule has 0 unspecified atom stereocenters. The first-order valence-electron chi connectivity index (χ1n) is 10.4. The van der Waals surface area contributed by atoms with E-state index in [1.165, 1.54) is 29.5 Å². The Labute approximate surface area is 194 Å². The third-order valence-corrected chi connectivity index (χ3v) is 5.80. The first-order chi connectivity index (χ1) is 15.7. The predicted octanol–water partition coefficient (Wildman–Crippen LogP) is 5.75. The molecule has 33 heavy (non-hydrogen) atoms. The third kappa shape index (κ3) is 6.74. The zero-order chi connectivity index (χ0) is 24.0. The van der Waals surface area contributed by atoms with E-state index < -0.39 is 11.7 Å². The number of anilines is 1. The summed E-state index contributed by atoms with van der Waals surface area (Å²) in [4.78, 5) is 12.3. The lowest BCUT2D eigenvalue weighted by atomic mass is 10.0. The molecule has 0 saturated heterocycles. The molecule has 6 nitrogen and oxygen atoms in total. The maximum absolute atomic E-state index is 12.9. The highest BCUT2D eigenvalue weighted by Crippen LogP contribution is 2.31. The van der Waals surface area contributed by atoms with Crippen LogP contribution in [0.5, 0.6) is 5.75 Å². The molecular formula is C23H25F3N4O2S. The van der Waals surface area contributed by atoms with Gasteiger partial charge in [-0.2, -0.15) is 13.2 Å². The largest absolute Gasteiger partial charge is 0.486 e. The maximum atomic E-state index is 12.9. The molecule has 176 valence electrons. The number of carbonyl (C=O) groups excluding carboxylic acids is 1. The molecule has 2 aromatic carbocycles. The van der Waals surface area contributed by atoms with Crippen molar-refractivity contribution >= 4 is 23.4 Å². The Morgan fingerprint density at radius 2 is 1.88 bits per heavy atom. The van der Waals surface area contributed by atoms with Crippen LogP contribution in [0.2, 0.25) is 0 Å². The fraction of sp³-hybridized carbons (Fsp3) is 0.348. The molecule has 0 bridgehead atoms. The Bertz CT molecular complexity index is 1080. The minimum Gasteiger partial charge on any atom is -0.486 e. The van der Waals surface area contributed by atoms with Gasteiger partial charge in [0.15, 0.2) is 11.0 Å². The molecular weight excluding hydrogens is 453 g/mol. The minimum absolute atomic E-state index is 0.0445. The molecule has 0 aliphatic rings. The summed E-state index contributed by atoms with van der Waals surface area (Å²) in [5.41, 5.74) is 1.13. The van der Waals surface area contributed by atoms with Gasteiger partial charge in [-0.3, -0.25) is 4.79 Å². The first kappa shape index (κ1) is 24.6.